The van der Waals surface area contributed by atoms with Crippen LogP contribution in [0.4, 0.5) is 16.0 Å². The summed E-state index contributed by atoms with van der Waals surface area (Å²) in [6.45, 7) is 12.3. The fraction of sp³-hybridized carbons (Fsp3) is 0.407. The summed E-state index contributed by atoms with van der Waals surface area (Å²) in [4.78, 5) is 26.3. The zero-order valence-corrected chi connectivity index (χ0v) is 21.4. The van der Waals surface area contributed by atoms with Crippen LogP contribution < -0.4 is 10.2 Å². The van der Waals surface area contributed by atoms with Gasteiger partial charge in [0, 0.05) is 60.4 Å². The first-order chi connectivity index (χ1) is 17.1. The maximum Gasteiger partial charge on any atom is 0.228 e. The first-order valence-corrected chi connectivity index (χ1v) is 12.3. The number of benzene rings is 1. The maximum absolute atomic E-state index is 14.4. The van der Waals surface area contributed by atoms with E-state index in [4.69, 9.17) is 4.98 Å². The van der Waals surface area contributed by atoms with E-state index >= 15 is 0 Å². The van der Waals surface area contributed by atoms with Gasteiger partial charge in [0.15, 0.2) is 5.65 Å². The van der Waals surface area contributed by atoms with Crippen molar-refractivity contribution in [1.82, 2.24) is 24.5 Å². The number of amides is 1. The van der Waals surface area contributed by atoms with Crippen molar-refractivity contribution in [3.05, 3.63) is 59.7 Å². The number of aromatic nitrogens is 4. The van der Waals surface area contributed by atoms with Crippen molar-refractivity contribution in [3.63, 3.8) is 0 Å². The van der Waals surface area contributed by atoms with Crippen molar-refractivity contribution < 1.29 is 9.18 Å². The molecule has 1 fully saturated rings. The minimum Gasteiger partial charge on any atom is -0.363 e. The van der Waals surface area contributed by atoms with Crippen LogP contribution in [-0.4, -0.2) is 56.6 Å². The van der Waals surface area contributed by atoms with Gasteiger partial charge in [-0.1, -0.05) is 20.8 Å². The highest BCUT2D eigenvalue weighted by Gasteiger charge is 2.31. The van der Waals surface area contributed by atoms with E-state index in [1.54, 1.807) is 29.9 Å². The summed E-state index contributed by atoms with van der Waals surface area (Å²) < 4.78 is 16.2. The van der Waals surface area contributed by atoms with E-state index in [1.807, 2.05) is 37.8 Å². The standard InChI is InChI=1S/C27H32FN7O/c1-17-21(28)7-6-19-16-20(18(2)31-23-8-10-29-22-9-11-30-35(22)23)25(32-24(17)19)33-12-14-34(15-13-33)26(36)27(3,4)5/h6-11,16,18,31H,12-15H2,1-5H3/t18-/m0/s1. The van der Waals surface area contributed by atoms with E-state index in [1.165, 1.54) is 6.07 Å². The number of rotatable bonds is 4. The molecule has 0 radical (unpaired) electrons. The summed E-state index contributed by atoms with van der Waals surface area (Å²) >= 11 is 0. The summed E-state index contributed by atoms with van der Waals surface area (Å²) in [7, 11) is 0. The Labute approximate surface area is 210 Å². The van der Waals surface area contributed by atoms with Gasteiger partial charge in [0.05, 0.1) is 17.8 Å². The molecule has 0 aliphatic carbocycles. The molecule has 1 aliphatic rings. The van der Waals surface area contributed by atoms with Gasteiger partial charge in [-0.3, -0.25) is 4.79 Å². The average Bonchev–Trinajstić information content (AvgIpc) is 3.35. The topological polar surface area (TPSA) is 78.7 Å². The van der Waals surface area contributed by atoms with Crippen LogP contribution in [0.2, 0.25) is 0 Å². The molecule has 0 saturated carbocycles. The number of hydrogen-bond donors (Lipinski definition) is 1. The van der Waals surface area contributed by atoms with Crippen molar-refractivity contribution in [2.75, 3.05) is 36.4 Å². The van der Waals surface area contributed by atoms with Crippen LogP contribution in [0.25, 0.3) is 16.6 Å². The lowest BCUT2D eigenvalue weighted by atomic mass is 9.94. The van der Waals surface area contributed by atoms with Crippen molar-refractivity contribution in [1.29, 1.82) is 0 Å². The molecular formula is C27H32FN7O. The Balaban J connectivity index is 1.51. The predicted octanol–water partition coefficient (Wildman–Crippen LogP) is 4.59. The monoisotopic (exact) mass is 489 g/mol. The van der Waals surface area contributed by atoms with Gasteiger partial charge in [-0.2, -0.15) is 9.61 Å². The number of hydrogen-bond acceptors (Lipinski definition) is 6. The molecule has 188 valence electrons. The van der Waals surface area contributed by atoms with Gasteiger partial charge in [0.2, 0.25) is 5.91 Å². The third-order valence-electron chi connectivity index (χ3n) is 6.81. The SMILES string of the molecule is Cc1c(F)ccc2cc([C@H](C)Nc3ccnc4ccnn34)c(N3CCN(C(=O)C(C)(C)C)CC3)nc12. The second-order valence-corrected chi connectivity index (χ2v) is 10.5. The molecule has 1 atom stereocenters. The van der Waals surface area contributed by atoms with Gasteiger partial charge >= 0.3 is 0 Å². The number of piperazine rings is 1. The number of pyridine rings is 1. The van der Waals surface area contributed by atoms with E-state index < -0.39 is 5.41 Å². The fourth-order valence-corrected chi connectivity index (χ4v) is 4.77. The van der Waals surface area contributed by atoms with E-state index in [0.29, 0.717) is 37.3 Å². The molecule has 36 heavy (non-hydrogen) atoms. The smallest absolute Gasteiger partial charge is 0.228 e. The van der Waals surface area contributed by atoms with Crippen LogP contribution >= 0.6 is 0 Å². The molecule has 3 aromatic heterocycles. The van der Waals surface area contributed by atoms with Crippen molar-refractivity contribution >= 4 is 34.1 Å². The molecule has 5 rings (SSSR count). The Morgan fingerprint density at radius 3 is 2.56 bits per heavy atom. The van der Waals surface area contributed by atoms with Gasteiger partial charge in [-0.25, -0.2) is 14.4 Å². The highest BCUT2D eigenvalue weighted by atomic mass is 19.1. The zero-order valence-electron chi connectivity index (χ0n) is 21.4. The van der Waals surface area contributed by atoms with Gasteiger partial charge < -0.3 is 15.1 Å². The quantitative estimate of drug-likeness (QED) is 0.452. The number of fused-ring (bicyclic) bond motifs is 2. The van der Waals surface area contributed by atoms with Gasteiger partial charge in [0.1, 0.15) is 17.5 Å². The third kappa shape index (κ3) is 4.34. The minimum atomic E-state index is -0.413. The fourth-order valence-electron chi connectivity index (χ4n) is 4.77. The Bertz CT molecular complexity index is 1430. The van der Waals surface area contributed by atoms with E-state index in [9.17, 15) is 9.18 Å². The summed E-state index contributed by atoms with van der Waals surface area (Å²) in [5, 5.41) is 8.83. The van der Waals surface area contributed by atoms with Crippen molar-refractivity contribution in [2.45, 2.75) is 40.7 Å². The average molecular weight is 490 g/mol. The molecule has 0 unspecified atom stereocenters. The van der Waals surface area contributed by atoms with Crippen LogP contribution in [0.15, 0.2) is 42.7 Å². The van der Waals surface area contributed by atoms with E-state index in [2.05, 4.69) is 33.3 Å². The molecule has 1 aromatic carbocycles. The molecule has 8 nitrogen and oxygen atoms in total. The molecule has 9 heteroatoms. The molecule has 1 amide bonds. The number of nitrogens with zero attached hydrogens (tertiary/aromatic N) is 6. The van der Waals surface area contributed by atoms with Gasteiger partial charge in [-0.05, 0) is 38.1 Å². The van der Waals surface area contributed by atoms with Gasteiger partial charge in [-0.15, -0.1) is 0 Å². The number of halogens is 1. The predicted molar refractivity (Wildman–Crippen MR) is 140 cm³/mol. The molecule has 1 saturated heterocycles. The van der Waals surface area contributed by atoms with Crippen LogP contribution in [0.5, 0.6) is 0 Å². The van der Waals surface area contributed by atoms with Crippen LogP contribution in [0.1, 0.15) is 44.9 Å². The minimum absolute atomic E-state index is 0.119. The maximum atomic E-state index is 14.4. The number of carbonyl (C=O) groups is 1. The lowest BCUT2D eigenvalue weighted by molar-refractivity contribution is -0.139. The number of anilines is 2. The molecule has 4 aromatic rings. The number of nitrogens with one attached hydrogen (secondary N) is 1. The molecule has 0 bridgehead atoms. The first kappa shape index (κ1) is 24.0. The van der Waals surface area contributed by atoms with Gasteiger partial charge in [0.25, 0.3) is 0 Å². The second kappa shape index (κ2) is 9.04. The highest BCUT2D eigenvalue weighted by molar-refractivity contribution is 5.85. The normalized spacial score (nSPS) is 15.5. The Morgan fingerprint density at radius 1 is 1.08 bits per heavy atom. The Hall–Kier alpha value is -3.75. The Morgan fingerprint density at radius 2 is 1.83 bits per heavy atom. The van der Waals surface area contributed by atoms with Crippen molar-refractivity contribution in [3.8, 4) is 0 Å². The van der Waals surface area contributed by atoms with E-state index in [-0.39, 0.29) is 17.8 Å². The second-order valence-electron chi connectivity index (χ2n) is 10.5. The molecule has 4 heterocycles. The largest absolute Gasteiger partial charge is 0.363 e. The number of carbonyl (C=O) groups excluding carboxylic acids is 1. The van der Waals surface area contributed by atoms with Crippen LogP contribution in [-0.2, 0) is 4.79 Å². The molecule has 1 N–H and O–H groups in total. The van der Waals surface area contributed by atoms with Crippen LogP contribution in [0, 0.1) is 18.2 Å². The number of aryl methyl sites for hydroxylation is 1. The Kier molecular flexibility index (Phi) is 6.02. The van der Waals surface area contributed by atoms with Crippen molar-refractivity contribution in [2.24, 2.45) is 5.41 Å². The third-order valence-corrected chi connectivity index (χ3v) is 6.81. The summed E-state index contributed by atoms with van der Waals surface area (Å²) in [5.41, 5.74) is 2.54. The van der Waals surface area contributed by atoms with E-state index in [0.717, 1.165) is 28.2 Å². The summed E-state index contributed by atoms with van der Waals surface area (Å²) in [5.74, 6) is 1.52. The summed E-state index contributed by atoms with van der Waals surface area (Å²) in [6.07, 6.45) is 3.47. The molecule has 1 aliphatic heterocycles. The molecular weight excluding hydrogens is 457 g/mol. The van der Waals surface area contributed by atoms with Crippen LogP contribution in [0.3, 0.4) is 0 Å². The lowest BCUT2D eigenvalue weighted by Gasteiger charge is -2.39. The first-order valence-electron chi connectivity index (χ1n) is 12.3. The molecule has 0 spiro atoms. The zero-order chi connectivity index (χ0) is 25.6. The summed E-state index contributed by atoms with van der Waals surface area (Å²) in [6, 6.07) is 8.99. The highest BCUT2D eigenvalue weighted by Crippen LogP contribution is 2.33. The lowest BCUT2D eigenvalue weighted by Crippen LogP contribution is -2.52.